The van der Waals surface area contributed by atoms with Crippen molar-refractivity contribution in [1.29, 1.82) is 0 Å². The van der Waals surface area contributed by atoms with Crippen molar-refractivity contribution < 1.29 is 33.0 Å². The van der Waals surface area contributed by atoms with Crippen LogP contribution in [-0.2, 0) is 11.2 Å². The summed E-state index contributed by atoms with van der Waals surface area (Å²) in [5.74, 6) is -3.32. The lowest BCUT2D eigenvalue weighted by Gasteiger charge is -2.45. The van der Waals surface area contributed by atoms with Crippen molar-refractivity contribution in [1.82, 2.24) is 10.2 Å². The van der Waals surface area contributed by atoms with Gasteiger partial charge in [0, 0.05) is 24.9 Å². The van der Waals surface area contributed by atoms with Crippen LogP contribution in [0.2, 0.25) is 0 Å². The fourth-order valence-corrected chi connectivity index (χ4v) is 4.95. The van der Waals surface area contributed by atoms with Crippen molar-refractivity contribution >= 4 is 12.0 Å². The Hall–Kier alpha value is -3.36. The molecule has 1 saturated carbocycles. The Kier molecular flexibility index (Phi) is 9.80. The molecule has 2 aromatic carbocycles. The van der Waals surface area contributed by atoms with Crippen molar-refractivity contribution in [3.63, 3.8) is 0 Å². The average Bonchev–Trinajstić information content (AvgIpc) is 2.85. The summed E-state index contributed by atoms with van der Waals surface area (Å²) in [6.45, 7) is 10.7. The molecule has 1 aliphatic rings. The predicted molar refractivity (Wildman–Crippen MR) is 146 cm³/mol. The zero-order valence-electron chi connectivity index (χ0n) is 23.5. The molecule has 9 heteroatoms. The number of carboxylic acids is 1. The number of amides is 2. The summed E-state index contributed by atoms with van der Waals surface area (Å²) in [7, 11) is 0. The van der Waals surface area contributed by atoms with Crippen LogP contribution in [0.25, 0.3) is 0 Å². The van der Waals surface area contributed by atoms with Gasteiger partial charge in [-0.05, 0) is 77.1 Å². The fourth-order valence-electron chi connectivity index (χ4n) is 4.95. The molecule has 2 amide bonds. The van der Waals surface area contributed by atoms with Crippen LogP contribution < -0.4 is 14.8 Å². The molecule has 1 fully saturated rings. The van der Waals surface area contributed by atoms with Crippen LogP contribution in [0.1, 0.15) is 74.8 Å². The van der Waals surface area contributed by atoms with E-state index in [-0.39, 0.29) is 0 Å². The lowest BCUT2D eigenvalue weighted by atomic mass is 9.73. The van der Waals surface area contributed by atoms with Crippen LogP contribution in [0.15, 0.2) is 36.4 Å². The zero-order valence-corrected chi connectivity index (χ0v) is 23.5. The number of carbonyl (C=O) groups is 2. The Labute approximate surface area is 229 Å². The number of ether oxygens (including phenoxy) is 2. The first-order chi connectivity index (χ1) is 18.4. The van der Waals surface area contributed by atoms with E-state index in [4.69, 9.17) is 9.47 Å². The van der Waals surface area contributed by atoms with E-state index in [0.717, 1.165) is 24.0 Å². The van der Waals surface area contributed by atoms with Gasteiger partial charge in [-0.3, -0.25) is 0 Å². The number of nitrogens with one attached hydrogen (secondary N) is 1. The topological polar surface area (TPSA) is 88.1 Å². The molecule has 2 N–H and O–H groups in total. The standard InChI is InChI=1S/C30H40F2N2O5/c1-6-38-25-16-24(17-26(21(25)4)39-7-2)22(5)34(15-9-8-10-23-13-11-20(3)12-14-23)28(37)33-29(27(35)36)18-30(31,32)19-29/h11-14,16-17,22H,6-10,15,18-19H2,1-5H3,(H,33,37)(H,35,36)/t22-/m1/s1. The lowest BCUT2D eigenvalue weighted by Crippen LogP contribution is -2.68. The van der Waals surface area contributed by atoms with E-state index in [2.05, 4.69) is 29.6 Å². The highest BCUT2D eigenvalue weighted by molar-refractivity contribution is 5.88. The number of nitrogens with zero attached hydrogens (tertiary/aromatic N) is 1. The minimum atomic E-state index is -3.12. The summed E-state index contributed by atoms with van der Waals surface area (Å²) in [6.07, 6.45) is 0.408. The number of unbranched alkanes of at least 4 members (excludes halogenated alkanes) is 1. The van der Waals surface area contributed by atoms with Gasteiger partial charge in [-0.1, -0.05) is 29.8 Å². The highest BCUT2D eigenvalue weighted by Gasteiger charge is 2.62. The molecule has 3 rings (SSSR count). The number of aryl methyl sites for hydroxylation is 2. The van der Waals surface area contributed by atoms with Gasteiger partial charge in [0.15, 0.2) is 5.54 Å². The Morgan fingerprint density at radius 2 is 1.59 bits per heavy atom. The summed E-state index contributed by atoms with van der Waals surface area (Å²) < 4.78 is 39.1. The van der Waals surface area contributed by atoms with E-state index in [1.165, 1.54) is 16.0 Å². The molecule has 0 bridgehead atoms. The van der Waals surface area contributed by atoms with Crippen LogP contribution in [0.3, 0.4) is 0 Å². The monoisotopic (exact) mass is 546 g/mol. The first kappa shape index (κ1) is 30.2. The van der Waals surface area contributed by atoms with Gasteiger partial charge in [0.1, 0.15) is 11.5 Å². The van der Waals surface area contributed by atoms with E-state index in [1.54, 1.807) is 0 Å². The van der Waals surface area contributed by atoms with Gasteiger partial charge in [-0.2, -0.15) is 0 Å². The van der Waals surface area contributed by atoms with Crippen LogP contribution in [0.4, 0.5) is 13.6 Å². The summed E-state index contributed by atoms with van der Waals surface area (Å²) in [5, 5.41) is 12.1. The molecule has 0 aromatic heterocycles. The third-order valence-electron chi connectivity index (χ3n) is 7.26. The minimum absolute atomic E-state index is 0.312. The summed E-state index contributed by atoms with van der Waals surface area (Å²) >= 11 is 0. The zero-order chi connectivity index (χ0) is 28.8. The predicted octanol–water partition coefficient (Wildman–Crippen LogP) is 6.45. The summed E-state index contributed by atoms with van der Waals surface area (Å²) in [6, 6.07) is 10.8. The van der Waals surface area contributed by atoms with E-state index < -0.39 is 42.3 Å². The Morgan fingerprint density at radius 3 is 2.08 bits per heavy atom. The summed E-state index contributed by atoms with van der Waals surface area (Å²) in [5.41, 5.74) is 1.96. The smallest absolute Gasteiger partial charge is 0.329 e. The van der Waals surface area contributed by atoms with E-state index in [1.807, 2.05) is 46.8 Å². The molecule has 0 heterocycles. The number of hydrogen-bond donors (Lipinski definition) is 2. The maximum atomic E-state index is 13.7. The maximum Gasteiger partial charge on any atom is 0.329 e. The molecular weight excluding hydrogens is 506 g/mol. The molecule has 0 unspecified atom stereocenters. The molecule has 39 heavy (non-hydrogen) atoms. The number of carboxylic acid groups (broad SMARTS) is 1. The lowest BCUT2D eigenvalue weighted by molar-refractivity contribution is -0.175. The van der Waals surface area contributed by atoms with Crippen molar-refractivity contribution in [2.75, 3.05) is 19.8 Å². The number of halogens is 2. The molecule has 0 saturated heterocycles. The molecule has 214 valence electrons. The third-order valence-corrected chi connectivity index (χ3v) is 7.26. The van der Waals surface area contributed by atoms with Gasteiger partial charge in [-0.25, -0.2) is 18.4 Å². The molecule has 0 radical (unpaired) electrons. The van der Waals surface area contributed by atoms with Crippen molar-refractivity contribution in [3.8, 4) is 11.5 Å². The second-order valence-corrected chi connectivity index (χ2v) is 10.3. The van der Waals surface area contributed by atoms with Gasteiger partial charge in [-0.15, -0.1) is 0 Å². The Morgan fingerprint density at radius 1 is 1.03 bits per heavy atom. The number of benzene rings is 2. The Balaban J connectivity index is 1.85. The fraction of sp³-hybridized carbons (Fsp3) is 0.533. The first-order valence-electron chi connectivity index (χ1n) is 13.6. The number of rotatable bonds is 13. The first-order valence-corrected chi connectivity index (χ1v) is 13.6. The average molecular weight is 547 g/mol. The van der Waals surface area contributed by atoms with Crippen LogP contribution in [0, 0.1) is 13.8 Å². The SMILES string of the molecule is CCOc1cc([C@@H](C)N(CCCCc2ccc(C)cc2)C(=O)NC2(C(=O)O)CC(F)(F)C2)cc(OCC)c1C. The number of hydrogen-bond acceptors (Lipinski definition) is 4. The van der Waals surface area contributed by atoms with Crippen molar-refractivity contribution in [3.05, 3.63) is 58.7 Å². The van der Waals surface area contributed by atoms with E-state index in [9.17, 15) is 23.5 Å². The summed E-state index contributed by atoms with van der Waals surface area (Å²) in [4.78, 5) is 26.9. The van der Waals surface area contributed by atoms with Crippen LogP contribution >= 0.6 is 0 Å². The molecule has 0 spiro atoms. The number of urea groups is 1. The van der Waals surface area contributed by atoms with Gasteiger partial charge in [0.2, 0.25) is 0 Å². The second-order valence-electron chi connectivity index (χ2n) is 10.3. The normalized spacial score (nSPS) is 16.1. The van der Waals surface area contributed by atoms with Crippen molar-refractivity contribution in [2.45, 2.75) is 84.2 Å². The highest BCUT2D eigenvalue weighted by Crippen LogP contribution is 2.46. The molecule has 1 aliphatic carbocycles. The van der Waals surface area contributed by atoms with Crippen LogP contribution in [-0.4, -0.2) is 53.2 Å². The second kappa shape index (κ2) is 12.7. The number of aliphatic carboxylic acids is 1. The maximum absolute atomic E-state index is 13.7. The van der Waals surface area contributed by atoms with Crippen LogP contribution in [0.5, 0.6) is 11.5 Å². The number of alkyl halides is 2. The number of carbonyl (C=O) groups excluding carboxylic acids is 1. The highest BCUT2D eigenvalue weighted by atomic mass is 19.3. The van der Waals surface area contributed by atoms with Gasteiger partial charge in [0.05, 0.1) is 19.3 Å². The van der Waals surface area contributed by atoms with Crippen molar-refractivity contribution in [2.24, 2.45) is 0 Å². The molecular formula is C30H40F2N2O5. The van der Waals surface area contributed by atoms with Gasteiger partial charge < -0.3 is 24.8 Å². The third kappa shape index (κ3) is 7.40. The molecule has 7 nitrogen and oxygen atoms in total. The van der Waals surface area contributed by atoms with Gasteiger partial charge in [0.25, 0.3) is 5.92 Å². The van der Waals surface area contributed by atoms with E-state index >= 15 is 0 Å². The molecule has 1 atom stereocenters. The minimum Gasteiger partial charge on any atom is -0.493 e. The van der Waals surface area contributed by atoms with E-state index in [0.29, 0.717) is 37.7 Å². The Bertz CT molecular complexity index is 1120. The molecule has 2 aromatic rings. The quantitative estimate of drug-likeness (QED) is 0.282. The molecule has 0 aliphatic heterocycles. The largest absolute Gasteiger partial charge is 0.493 e. The van der Waals surface area contributed by atoms with Gasteiger partial charge >= 0.3 is 12.0 Å².